The molecular formula is C25H30N2O4S. The number of hydrogen-bond donors (Lipinski definition) is 0. The lowest BCUT2D eigenvalue weighted by atomic mass is 10.1. The standard InChI is InChI=1S/C25H30N2O4S/c1-5-7-8-12-31-20-11-9-10-19(15-20)24(29)26-25-27(16-22(28)30-6-2)23-18(4)13-17(3)14-21(23)32-25/h9-11,13-15H,5-8,12,16H2,1-4H3. The molecule has 0 atom stereocenters. The van der Waals surface area contributed by atoms with Gasteiger partial charge in [0.1, 0.15) is 12.3 Å². The molecule has 6 nitrogen and oxygen atoms in total. The molecule has 1 heterocycles. The number of fused-ring (bicyclic) bond motifs is 1. The number of aromatic nitrogens is 1. The minimum atomic E-state index is -0.373. The number of rotatable bonds is 9. The first-order valence-corrected chi connectivity index (χ1v) is 11.8. The van der Waals surface area contributed by atoms with Crippen molar-refractivity contribution >= 4 is 33.4 Å². The second kappa shape index (κ2) is 11.1. The van der Waals surface area contributed by atoms with Crippen molar-refractivity contribution in [3.8, 4) is 5.75 Å². The molecule has 0 N–H and O–H groups in total. The number of aryl methyl sites for hydroxylation is 2. The molecule has 3 rings (SSSR count). The van der Waals surface area contributed by atoms with Crippen molar-refractivity contribution < 1.29 is 19.1 Å². The second-order valence-electron chi connectivity index (χ2n) is 7.70. The highest BCUT2D eigenvalue weighted by Gasteiger charge is 2.15. The molecule has 7 heteroatoms. The monoisotopic (exact) mass is 454 g/mol. The molecule has 3 aromatic rings. The minimum Gasteiger partial charge on any atom is -0.494 e. The van der Waals surface area contributed by atoms with Gasteiger partial charge in [-0.15, -0.1) is 0 Å². The topological polar surface area (TPSA) is 69.9 Å². The Hall–Kier alpha value is -2.93. The summed E-state index contributed by atoms with van der Waals surface area (Å²) in [4.78, 5) is 30.1. The number of esters is 1. The molecule has 1 amide bonds. The molecule has 0 bridgehead atoms. The van der Waals surface area contributed by atoms with Gasteiger partial charge in [0.25, 0.3) is 5.91 Å². The van der Waals surface area contributed by atoms with Gasteiger partial charge >= 0.3 is 5.97 Å². The fourth-order valence-corrected chi connectivity index (χ4v) is 4.78. The van der Waals surface area contributed by atoms with E-state index in [4.69, 9.17) is 9.47 Å². The molecule has 2 aromatic carbocycles. The molecule has 0 fully saturated rings. The van der Waals surface area contributed by atoms with Gasteiger partial charge in [0.2, 0.25) is 0 Å². The Bertz CT molecular complexity index is 1180. The van der Waals surface area contributed by atoms with Crippen LogP contribution in [0.3, 0.4) is 0 Å². The number of thiazole rings is 1. The molecule has 0 radical (unpaired) electrons. The molecule has 32 heavy (non-hydrogen) atoms. The van der Waals surface area contributed by atoms with E-state index in [0.717, 1.165) is 40.6 Å². The average molecular weight is 455 g/mol. The van der Waals surface area contributed by atoms with Crippen LogP contribution < -0.4 is 9.54 Å². The van der Waals surface area contributed by atoms with E-state index >= 15 is 0 Å². The van der Waals surface area contributed by atoms with Gasteiger partial charge in [-0.2, -0.15) is 4.99 Å². The molecule has 170 valence electrons. The molecule has 0 saturated carbocycles. The maximum absolute atomic E-state index is 13.0. The van der Waals surface area contributed by atoms with Crippen molar-refractivity contribution in [3.63, 3.8) is 0 Å². The Morgan fingerprint density at radius 1 is 1.09 bits per heavy atom. The zero-order valence-electron chi connectivity index (χ0n) is 19.1. The molecular weight excluding hydrogens is 424 g/mol. The third kappa shape index (κ3) is 5.85. The van der Waals surface area contributed by atoms with E-state index < -0.39 is 0 Å². The van der Waals surface area contributed by atoms with Crippen molar-refractivity contribution in [3.05, 3.63) is 57.9 Å². The van der Waals surface area contributed by atoms with Crippen LogP contribution in [0.15, 0.2) is 41.4 Å². The summed E-state index contributed by atoms with van der Waals surface area (Å²) in [6, 6.07) is 11.2. The smallest absolute Gasteiger partial charge is 0.326 e. The summed E-state index contributed by atoms with van der Waals surface area (Å²) in [5, 5.41) is 0. The first kappa shape index (κ1) is 23.7. The predicted molar refractivity (Wildman–Crippen MR) is 127 cm³/mol. The second-order valence-corrected chi connectivity index (χ2v) is 8.71. The summed E-state index contributed by atoms with van der Waals surface area (Å²) in [6.07, 6.45) is 3.22. The average Bonchev–Trinajstić information content (AvgIpc) is 3.08. The van der Waals surface area contributed by atoms with Crippen molar-refractivity contribution in [1.29, 1.82) is 0 Å². The van der Waals surface area contributed by atoms with Crippen LogP contribution in [0.5, 0.6) is 5.75 Å². The molecule has 0 saturated heterocycles. The third-order valence-corrected chi connectivity index (χ3v) is 6.02. The maximum Gasteiger partial charge on any atom is 0.326 e. The van der Waals surface area contributed by atoms with Gasteiger partial charge in [-0.3, -0.25) is 9.59 Å². The summed E-state index contributed by atoms with van der Waals surface area (Å²) in [5.41, 5.74) is 3.49. The largest absolute Gasteiger partial charge is 0.494 e. The number of nitrogens with zero attached hydrogens (tertiary/aromatic N) is 2. The lowest BCUT2D eigenvalue weighted by Crippen LogP contribution is -2.23. The summed E-state index contributed by atoms with van der Waals surface area (Å²) in [5.74, 6) is -0.0736. The Balaban J connectivity index is 1.97. The molecule has 0 spiro atoms. The number of unbranched alkanes of at least 4 members (excludes halogenated alkanes) is 2. The van der Waals surface area contributed by atoms with Gasteiger partial charge in [0.15, 0.2) is 4.80 Å². The number of carbonyl (C=O) groups excluding carboxylic acids is 2. The number of ether oxygens (including phenoxy) is 2. The van der Waals surface area contributed by atoms with E-state index in [1.54, 1.807) is 29.7 Å². The summed E-state index contributed by atoms with van der Waals surface area (Å²) in [6.45, 7) is 8.86. The predicted octanol–water partition coefficient (Wildman–Crippen LogP) is 5.19. The van der Waals surface area contributed by atoms with Gasteiger partial charge in [-0.25, -0.2) is 0 Å². The van der Waals surface area contributed by atoms with E-state index in [2.05, 4.69) is 18.0 Å². The van der Waals surface area contributed by atoms with E-state index in [1.165, 1.54) is 11.3 Å². The van der Waals surface area contributed by atoms with Crippen LogP contribution in [-0.4, -0.2) is 29.7 Å². The normalized spacial score (nSPS) is 11.7. The Morgan fingerprint density at radius 2 is 1.91 bits per heavy atom. The quantitative estimate of drug-likeness (QED) is 0.329. The Morgan fingerprint density at radius 3 is 2.66 bits per heavy atom. The van der Waals surface area contributed by atoms with Gasteiger partial charge in [0, 0.05) is 5.56 Å². The molecule has 0 aliphatic carbocycles. The first-order valence-electron chi connectivity index (χ1n) is 11.0. The molecule has 0 aliphatic heterocycles. The van der Waals surface area contributed by atoms with Crippen LogP contribution in [0.1, 0.15) is 54.6 Å². The third-order valence-electron chi connectivity index (χ3n) is 5.00. The van der Waals surface area contributed by atoms with E-state index in [9.17, 15) is 9.59 Å². The summed E-state index contributed by atoms with van der Waals surface area (Å²) >= 11 is 1.40. The minimum absolute atomic E-state index is 0.00440. The zero-order valence-corrected chi connectivity index (χ0v) is 20.0. The van der Waals surface area contributed by atoms with Crippen LogP contribution in [0.2, 0.25) is 0 Å². The zero-order chi connectivity index (χ0) is 23.1. The van der Waals surface area contributed by atoms with Gasteiger partial charge in [-0.1, -0.05) is 43.2 Å². The fraction of sp³-hybridized carbons (Fsp3) is 0.400. The SMILES string of the molecule is CCCCCOc1cccc(C(=O)N=c2sc3cc(C)cc(C)c3n2CC(=O)OCC)c1. The van der Waals surface area contributed by atoms with Crippen molar-refractivity contribution in [1.82, 2.24) is 4.57 Å². The maximum atomic E-state index is 13.0. The van der Waals surface area contributed by atoms with Crippen LogP contribution in [0.25, 0.3) is 10.2 Å². The number of carbonyl (C=O) groups is 2. The lowest BCUT2D eigenvalue weighted by Gasteiger charge is -2.08. The summed E-state index contributed by atoms with van der Waals surface area (Å²) < 4.78 is 13.7. The van der Waals surface area contributed by atoms with E-state index in [1.807, 2.05) is 26.0 Å². The lowest BCUT2D eigenvalue weighted by molar-refractivity contribution is -0.143. The highest BCUT2D eigenvalue weighted by molar-refractivity contribution is 7.16. The van der Waals surface area contributed by atoms with Crippen molar-refractivity contribution in [2.45, 2.75) is 53.5 Å². The van der Waals surface area contributed by atoms with Crippen LogP contribution in [-0.2, 0) is 16.1 Å². The van der Waals surface area contributed by atoms with Crippen molar-refractivity contribution in [2.24, 2.45) is 4.99 Å². The van der Waals surface area contributed by atoms with Crippen molar-refractivity contribution in [2.75, 3.05) is 13.2 Å². The number of benzene rings is 2. The van der Waals surface area contributed by atoms with Gasteiger partial charge in [-0.05, 0) is 62.6 Å². The van der Waals surface area contributed by atoms with E-state index in [0.29, 0.717) is 29.3 Å². The Kier molecular flexibility index (Phi) is 8.22. The molecule has 1 aromatic heterocycles. The van der Waals surface area contributed by atoms with Crippen LogP contribution in [0.4, 0.5) is 0 Å². The Labute approximate surface area is 192 Å². The summed E-state index contributed by atoms with van der Waals surface area (Å²) in [7, 11) is 0. The fourth-order valence-electron chi connectivity index (χ4n) is 3.57. The molecule has 0 unspecified atom stereocenters. The van der Waals surface area contributed by atoms with Crippen LogP contribution in [0, 0.1) is 13.8 Å². The van der Waals surface area contributed by atoms with Gasteiger partial charge in [0.05, 0.1) is 23.4 Å². The highest BCUT2D eigenvalue weighted by Crippen LogP contribution is 2.23. The van der Waals surface area contributed by atoms with E-state index in [-0.39, 0.29) is 18.4 Å². The number of amides is 1. The first-order chi connectivity index (χ1) is 15.4. The van der Waals surface area contributed by atoms with Crippen LogP contribution >= 0.6 is 11.3 Å². The van der Waals surface area contributed by atoms with Gasteiger partial charge < -0.3 is 14.0 Å². The number of hydrogen-bond acceptors (Lipinski definition) is 5. The molecule has 0 aliphatic rings. The highest BCUT2D eigenvalue weighted by atomic mass is 32.1.